The molecule has 0 aromatic carbocycles. The van der Waals surface area contributed by atoms with E-state index in [-0.39, 0.29) is 12.3 Å². The van der Waals surface area contributed by atoms with E-state index in [1.807, 2.05) is 6.92 Å². The van der Waals surface area contributed by atoms with Gasteiger partial charge in [-0.3, -0.25) is 0 Å². The average molecular weight is 223 g/mol. The minimum Gasteiger partial charge on any atom is -0.303 e. The topological polar surface area (TPSA) is 12.0 Å². The molecule has 0 radical (unpaired) electrons. The zero-order valence-corrected chi connectivity index (χ0v) is 9.45. The Labute approximate surface area is 89.4 Å². The molecule has 2 unspecified atom stereocenters. The maximum Gasteiger partial charge on any atom is 0.406 e. The molecule has 0 spiro atoms. The van der Waals surface area contributed by atoms with Crippen molar-refractivity contribution < 1.29 is 13.2 Å². The van der Waals surface area contributed by atoms with Crippen LogP contribution in [0.1, 0.15) is 46.0 Å². The normalized spacial score (nSPS) is 33.0. The predicted molar refractivity (Wildman–Crippen MR) is 54.7 cm³/mol. The lowest BCUT2D eigenvalue weighted by molar-refractivity contribution is -0.219. The van der Waals surface area contributed by atoms with E-state index in [0.29, 0.717) is 19.4 Å². The van der Waals surface area contributed by atoms with Crippen molar-refractivity contribution in [1.29, 1.82) is 0 Å². The minimum atomic E-state index is -4.12. The SMILES string of the molecule is CCCNC1(C(F)(F)F)CCCCC1C. The van der Waals surface area contributed by atoms with Crippen molar-refractivity contribution in [3.05, 3.63) is 0 Å². The number of rotatable bonds is 3. The molecule has 0 bridgehead atoms. The molecule has 0 saturated heterocycles. The molecule has 2 atom stereocenters. The van der Waals surface area contributed by atoms with Gasteiger partial charge in [-0.05, 0) is 31.7 Å². The lowest BCUT2D eigenvalue weighted by Gasteiger charge is -2.44. The van der Waals surface area contributed by atoms with Crippen LogP contribution in [0.15, 0.2) is 0 Å². The van der Waals surface area contributed by atoms with Gasteiger partial charge in [-0.25, -0.2) is 0 Å². The molecule has 0 heterocycles. The van der Waals surface area contributed by atoms with Crippen LogP contribution >= 0.6 is 0 Å². The van der Waals surface area contributed by atoms with E-state index in [1.165, 1.54) is 0 Å². The zero-order chi connectivity index (χ0) is 11.5. The van der Waals surface area contributed by atoms with E-state index < -0.39 is 11.7 Å². The van der Waals surface area contributed by atoms with Crippen LogP contribution in [0.2, 0.25) is 0 Å². The van der Waals surface area contributed by atoms with E-state index in [0.717, 1.165) is 12.8 Å². The Balaban J connectivity index is 2.83. The Morgan fingerprint density at radius 1 is 1.33 bits per heavy atom. The van der Waals surface area contributed by atoms with E-state index >= 15 is 0 Å². The summed E-state index contributed by atoms with van der Waals surface area (Å²) in [6, 6.07) is 0. The van der Waals surface area contributed by atoms with Gasteiger partial charge in [-0.1, -0.05) is 26.7 Å². The van der Waals surface area contributed by atoms with Crippen LogP contribution in [-0.2, 0) is 0 Å². The Morgan fingerprint density at radius 2 is 2.00 bits per heavy atom. The summed E-state index contributed by atoms with van der Waals surface area (Å²) in [6.07, 6.45) is -0.867. The van der Waals surface area contributed by atoms with Gasteiger partial charge in [0.05, 0.1) is 0 Å². The molecule has 4 heteroatoms. The first-order valence-electron chi connectivity index (χ1n) is 5.76. The number of nitrogens with one attached hydrogen (secondary N) is 1. The highest BCUT2D eigenvalue weighted by Crippen LogP contribution is 2.44. The van der Waals surface area contributed by atoms with E-state index in [1.54, 1.807) is 6.92 Å². The molecule has 1 nitrogen and oxygen atoms in total. The van der Waals surface area contributed by atoms with Crippen LogP contribution in [-0.4, -0.2) is 18.3 Å². The Kier molecular flexibility index (Phi) is 4.04. The first-order valence-corrected chi connectivity index (χ1v) is 5.76. The van der Waals surface area contributed by atoms with Gasteiger partial charge in [0.2, 0.25) is 0 Å². The Hall–Kier alpha value is -0.250. The summed E-state index contributed by atoms with van der Waals surface area (Å²) < 4.78 is 39.3. The van der Waals surface area contributed by atoms with E-state index in [4.69, 9.17) is 0 Å². The molecule has 1 N–H and O–H groups in total. The third kappa shape index (κ3) is 2.47. The molecular weight excluding hydrogens is 203 g/mol. The van der Waals surface area contributed by atoms with Gasteiger partial charge in [-0.15, -0.1) is 0 Å². The van der Waals surface area contributed by atoms with Crippen LogP contribution in [0.25, 0.3) is 0 Å². The summed E-state index contributed by atoms with van der Waals surface area (Å²) in [5.74, 6) is -0.308. The second kappa shape index (κ2) is 4.73. The number of hydrogen-bond acceptors (Lipinski definition) is 1. The van der Waals surface area contributed by atoms with Crippen LogP contribution in [0, 0.1) is 5.92 Å². The summed E-state index contributed by atoms with van der Waals surface area (Å²) in [6.45, 7) is 4.06. The molecule has 1 saturated carbocycles. The first kappa shape index (κ1) is 12.8. The summed E-state index contributed by atoms with van der Waals surface area (Å²) in [4.78, 5) is 0. The van der Waals surface area contributed by atoms with Crippen LogP contribution in [0.3, 0.4) is 0 Å². The molecule has 1 aliphatic rings. The van der Waals surface area contributed by atoms with E-state index in [9.17, 15) is 13.2 Å². The summed E-state index contributed by atoms with van der Waals surface area (Å²) >= 11 is 0. The predicted octanol–water partition coefficient (Wildman–Crippen LogP) is 3.50. The fourth-order valence-electron chi connectivity index (χ4n) is 2.48. The third-order valence-corrected chi connectivity index (χ3v) is 3.50. The van der Waals surface area contributed by atoms with Crippen molar-refractivity contribution in [2.75, 3.05) is 6.54 Å². The largest absolute Gasteiger partial charge is 0.406 e. The van der Waals surface area contributed by atoms with Crippen molar-refractivity contribution in [3.63, 3.8) is 0 Å². The third-order valence-electron chi connectivity index (χ3n) is 3.50. The Bertz CT molecular complexity index is 202. The second-order valence-electron chi connectivity index (χ2n) is 4.54. The zero-order valence-electron chi connectivity index (χ0n) is 9.45. The van der Waals surface area contributed by atoms with Gasteiger partial charge in [0, 0.05) is 0 Å². The van der Waals surface area contributed by atoms with Crippen molar-refractivity contribution in [1.82, 2.24) is 5.32 Å². The van der Waals surface area contributed by atoms with Crippen LogP contribution in [0.4, 0.5) is 13.2 Å². The van der Waals surface area contributed by atoms with Gasteiger partial charge >= 0.3 is 6.18 Å². The standard InChI is InChI=1S/C11H20F3N/c1-3-8-15-10(11(12,13)14)7-5-4-6-9(10)2/h9,15H,3-8H2,1-2H3. The number of alkyl halides is 3. The summed E-state index contributed by atoms with van der Waals surface area (Å²) in [5.41, 5.74) is -1.62. The number of halogens is 3. The first-order chi connectivity index (χ1) is 6.94. The quantitative estimate of drug-likeness (QED) is 0.772. The van der Waals surface area contributed by atoms with E-state index in [2.05, 4.69) is 5.32 Å². The highest BCUT2D eigenvalue weighted by molar-refractivity contribution is 5.01. The fraction of sp³-hybridized carbons (Fsp3) is 1.00. The minimum absolute atomic E-state index is 0.234. The molecular formula is C11H20F3N. The molecule has 15 heavy (non-hydrogen) atoms. The van der Waals surface area contributed by atoms with Gasteiger partial charge in [0.25, 0.3) is 0 Å². The molecule has 1 aliphatic carbocycles. The molecule has 0 amide bonds. The number of hydrogen-bond donors (Lipinski definition) is 1. The molecule has 0 aliphatic heterocycles. The second-order valence-corrected chi connectivity index (χ2v) is 4.54. The maximum atomic E-state index is 13.1. The van der Waals surface area contributed by atoms with Crippen LogP contribution < -0.4 is 5.32 Å². The molecule has 0 aromatic heterocycles. The van der Waals surface area contributed by atoms with Crippen molar-refractivity contribution in [2.45, 2.75) is 57.7 Å². The summed E-state index contributed by atoms with van der Waals surface area (Å²) in [5, 5.41) is 2.75. The van der Waals surface area contributed by atoms with Gasteiger partial charge in [0.1, 0.15) is 5.54 Å². The lowest BCUT2D eigenvalue weighted by atomic mass is 9.73. The molecule has 1 rings (SSSR count). The van der Waals surface area contributed by atoms with Crippen molar-refractivity contribution in [3.8, 4) is 0 Å². The lowest BCUT2D eigenvalue weighted by Crippen LogP contribution is -2.62. The average Bonchev–Trinajstić information content (AvgIpc) is 2.15. The molecule has 0 aromatic rings. The fourth-order valence-corrected chi connectivity index (χ4v) is 2.48. The highest BCUT2D eigenvalue weighted by Gasteiger charge is 2.57. The molecule has 1 fully saturated rings. The molecule has 90 valence electrons. The van der Waals surface area contributed by atoms with Gasteiger partial charge in [0.15, 0.2) is 0 Å². The van der Waals surface area contributed by atoms with Crippen LogP contribution in [0.5, 0.6) is 0 Å². The monoisotopic (exact) mass is 223 g/mol. The van der Waals surface area contributed by atoms with Crippen molar-refractivity contribution in [2.24, 2.45) is 5.92 Å². The Morgan fingerprint density at radius 3 is 2.47 bits per heavy atom. The smallest absolute Gasteiger partial charge is 0.303 e. The summed E-state index contributed by atoms with van der Waals surface area (Å²) in [7, 11) is 0. The van der Waals surface area contributed by atoms with Crippen molar-refractivity contribution >= 4 is 0 Å². The van der Waals surface area contributed by atoms with Gasteiger partial charge < -0.3 is 5.32 Å². The highest BCUT2D eigenvalue weighted by atomic mass is 19.4. The van der Waals surface area contributed by atoms with Gasteiger partial charge in [-0.2, -0.15) is 13.2 Å². The maximum absolute atomic E-state index is 13.1.